The fourth-order valence-electron chi connectivity index (χ4n) is 1.80. The molecule has 0 aromatic heterocycles. The van der Waals surface area contributed by atoms with Crippen LogP contribution in [0.3, 0.4) is 0 Å². The van der Waals surface area contributed by atoms with Gasteiger partial charge in [-0.3, -0.25) is 0 Å². The minimum absolute atomic E-state index is 0.203. The predicted molar refractivity (Wildman–Crippen MR) is 80.5 cm³/mol. The summed E-state index contributed by atoms with van der Waals surface area (Å²) in [6, 6.07) is 15.0. The van der Waals surface area contributed by atoms with E-state index in [4.69, 9.17) is 4.74 Å². The van der Waals surface area contributed by atoms with Gasteiger partial charge in [-0.2, -0.15) is 0 Å². The number of halogens is 1. The van der Waals surface area contributed by atoms with Crippen LogP contribution in [0, 0.1) is 5.82 Å². The van der Waals surface area contributed by atoms with Crippen molar-refractivity contribution in [1.29, 1.82) is 0 Å². The second-order valence-corrected chi connectivity index (χ2v) is 5.45. The van der Waals surface area contributed by atoms with E-state index in [9.17, 15) is 4.39 Å². The summed E-state index contributed by atoms with van der Waals surface area (Å²) in [7, 11) is 1.67. The molecule has 2 aromatic rings. The molecule has 0 spiro atoms. The van der Waals surface area contributed by atoms with Crippen molar-refractivity contribution in [2.45, 2.75) is 16.3 Å². The van der Waals surface area contributed by atoms with Crippen molar-refractivity contribution in [2.24, 2.45) is 0 Å². The summed E-state index contributed by atoms with van der Waals surface area (Å²) in [6.07, 6.45) is 0. The van der Waals surface area contributed by atoms with E-state index >= 15 is 0 Å². The molecule has 0 fully saturated rings. The van der Waals surface area contributed by atoms with E-state index in [1.807, 2.05) is 24.3 Å². The number of nitrogens with one attached hydrogen (secondary N) is 1. The highest BCUT2D eigenvalue weighted by molar-refractivity contribution is 7.99. The largest absolute Gasteiger partial charge is 0.383 e. The Morgan fingerprint density at radius 1 is 1.15 bits per heavy atom. The van der Waals surface area contributed by atoms with E-state index in [1.54, 1.807) is 24.9 Å². The molecule has 0 saturated carbocycles. The van der Waals surface area contributed by atoms with Crippen LogP contribution in [0.25, 0.3) is 0 Å². The minimum Gasteiger partial charge on any atom is -0.383 e. The third-order valence-electron chi connectivity index (χ3n) is 2.79. The number of ether oxygens (including phenoxy) is 1. The van der Waals surface area contributed by atoms with Crippen molar-refractivity contribution in [1.82, 2.24) is 5.32 Å². The summed E-state index contributed by atoms with van der Waals surface area (Å²) in [5.74, 6) is -0.203. The average molecular weight is 291 g/mol. The van der Waals surface area contributed by atoms with E-state index in [-0.39, 0.29) is 5.82 Å². The summed E-state index contributed by atoms with van der Waals surface area (Å²) in [5.41, 5.74) is 0.968. The Kier molecular flexibility index (Phi) is 6.05. The standard InChI is InChI=1S/C16H18FNOS/c1-19-10-9-18-12-13-11-14(17)7-8-16(13)20-15-5-3-2-4-6-15/h2-8,11,18H,9-10,12H2,1H3. The van der Waals surface area contributed by atoms with Gasteiger partial charge in [-0.15, -0.1) is 0 Å². The topological polar surface area (TPSA) is 21.3 Å². The maximum Gasteiger partial charge on any atom is 0.123 e. The first kappa shape index (κ1) is 15.0. The van der Waals surface area contributed by atoms with Gasteiger partial charge in [-0.05, 0) is 35.9 Å². The van der Waals surface area contributed by atoms with Crippen molar-refractivity contribution in [3.8, 4) is 0 Å². The maximum absolute atomic E-state index is 13.4. The molecule has 2 nitrogen and oxygen atoms in total. The van der Waals surface area contributed by atoms with Gasteiger partial charge >= 0.3 is 0 Å². The van der Waals surface area contributed by atoms with Crippen molar-refractivity contribution in [3.63, 3.8) is 0 Å². The van der Waals surface area contributed by atoms with Gasteiger partial charge in [0.1, 0.15) is 5.82 Å². The Morgan fingerprint density at radius 2 is 1.95 bits per heavy atom. The van der Waals surface area contributed by atoms with Crippen LogP contribution < -0.4 is 5.32 Å². The fraction of sp³-hybridized carbons (Fsp3) is 0.250. The van der Waals surface area contributed by atoms with E-state index < -0.39 is 0 Å². The zero-order valence-corrected chi connectivity index (χ0v) is 12.3. The zero-order chi connectivity index (χ0) is 14.2. The summed E-state index contributed by atoms with van der Waals surface area (Å²) < 4.78 is 18.4. The Labute approximate surface area is 123 Å². The van der Waals surface area contributed by atoms with Gasteiger partial charge in [0.2, 0.25) is 0 Å². The average Bonchev–Trinajstić information content (AvgIpc) is 2.47. The van der Waals surface area contributed by atoms with E-state index in [0.29, 0.717) is 13.2 Å². The van der Waals surface area contributed by atoms with E-state index in [1.165, 1.54) is 6.07 Å². The molecular formula is C16H18FNOS. The van der Waals surface area contributed by atoms with Gasteiger partial charge in [0.15, 0.2) is 0 Å². The smallest absolute Gasteiger partial charge is 0.123 e. The van der Waals surface area contributed by atoms with Gasteiger partial charge in [-0.25, -0.2) is 4.39 Å². The predicted octanol–water partition coefficient (Wildman–Crippen LogP) is 3.71. The molecule has 0 bridgehead atoms. The molecule has 1 N–H and O–H groups in total. The maximum atomic E-state index is 13.4. The molecule has 106 valence electrons. The molecule has 0 unspecified atom stereocenters. The highest BCUT2D eigenvalue weighted by Crippen LogP contribution is 2.30. The summed E-state index contributed by atoms with van der Waals surface area (Å²) in [4.78, 5) is 2.22. The molecule has 0 heterocycles. The van der Waals surface area contributed by atoms with Crippen LogP contribution in [0.2, 0.25) is 0 Å². The van der Waals surface area contributed by atoms with Crippen LogP contribution in [0.1, 0.15) is 5.56 Å². The molecule has 0 aliphatic carbocycles. The SMILES string of the molecule is COCCNCc1cc(F)ccc1Sc1ccccc1. The quantitative estimate of drug-likeness (QED) is 0.786. The summed E-state index contributed by atoms with van der Waals surface area (Å²) in [6.45, 7) is 2.04. The van der Waals surface area contributed by atoms with Crippen LogP contribution in [-0.2, 0) is 11.3 Å². The number of hydrogen-bond acceptors (Lipinski definition) is 3. The first-order valence-electron chi connectivity index (χ1n) is 6.50. The molecule has 0 radical (unpaired) electrons. The molecule has 2 aromatic carbocycles. The summed E-state index contributed by atoms with van der Waals surface area (Å²) in [5, 5.41) is 3.25. The Morgan fingerprint density at radius 3 is 2.70 bits per heavy atom. The molecule has 4 heteroatoms. The lowest BCUT2D eigenvalue weighted by Gasteiger charge is -2.10. The number of methoxy groups -OCH3 is 1. The van der Waals surface area contributed by atoms with Crippen molar-refractivity contribution in [3.05, 3.63) is 59.9 Å². The Hall–Kier alpha value is -1.36. The van der Waals surface area contributed by atoms with Crippen LogP contribution in [-0.4, -0.2) is 20.3 Å². The van der Waals surface area contributed by atoms with Crippen molar-refractivity contribution < 1.29 is 9.13 Å². The van der Waals surface area contributed by atoms with E-state index in [2.05, 4.69) is 17.4 Å². The van der Waals surface area contributed by atoms with E-state index in [0.717, 1.165) is 21.9 Å². The molecule has 2 rings (SSSR count). The van der Waals surface area contributed by atoms with Gasteiger partial charge in [0.05, 0.1) is 6.61 Å². The molecule has 0 saturated heterocycles. The lowest BCUT2D eigenvalue weighted by molar-refractivity contribution is 0.199. The lowest BCUT2D eigenvalue weighted by Crippen LogP contribution is -2.19. The van der Waals surface area contributed by atoms with Gasteiger partial charge < -0.3 is 10.1 Å². The highest BCUT2D eigenvalue weighted by Gasteiger charge is 2.06. The molecule has 0 atom stereocenters. The van der Waals surface area contributed by atoms with Gasteiger partial charge in [-0.1, -0.05) is 30.0 Å². The highest BCUT2D eigenvalue weighted by atomic mass is 32.2. The van der Waals surface area contributed by atoms with Crippen LogP contribution in [0.4, 0.5) is 4.39 Å². The Balaban J connectivity index is 2.07. The molecule has 20 heavy (non-hydrogen) atoms. The van der Waals surface area contributed by atoms with Gasteiger partial charge in [0.25, 0.3) is 0 Å². The second kappa shape index (κ2) is 8.04. The molecule has 0 aliphatic rings. The van der Waals surface area contributed by atoms with Gasteiger partial charge in [0, 0.05) is 30.0 Å². The molecule has 0 amide bonds. The minimum atomic E-state index is -0.203. The number of rotatable bonds is 7. The van der Waals surface area contributed by atoms with Crippen LogP contribution in [0.15, 0.2) is 58.3 Å². The molecule has 0 aliphatic heterocycles. The molecular weight excluding hydrogens is 273 g/mol. The number of benzene rings is 2. The third kappa shape index (κ3) is 4.63. The monoisotopic (exact) mass is 291 g/mol. The third-order valence-corrected chi connectivity index (χ3v) is 3.92. The van der Waals surface area contributed by atoms with Crippen molar-refractivity contribution >= 4 is 11.8 Å². The zero-order valence-electron chi connectivity index (χ0n) is 11.4. The van der Waals surface area contributed by atoms with Crippen LogP contribution in [0.5, 0.6) is 0 Å². The van der Waals surface area contributed by atoms with Crippen LogP contribution >= 0.6 is 11.8 Å². The second-order valence-electron chi connectivity index (χ2n) is 4.34. The number of hydrogen-bond donors (Lipinski definition) is 1. The Bertz CT molecular complexity index is 533. The first-order chi connectivity index (χ1) is 9.79. The van der Waals surface area contributed by atoms with Crippen molar-refractivity contribution in [2.75, 3.05) is 20.3 Å². The first-order valence-corrected chi connectivity index (χ1v) is 7.32. The lowest BCUT2D eigenvalue weighted by atomic mass is 10.2. The fourth-order valence-corrected chi connectivity index (χ4v) is 2.74. The normalized spacial score (nSPS) is 10.7. The summed E-state index contributed by atoms with van der Waals surface area (Å²) >= 11 is 1.65.